The summed E-state index contributed by atoms with van der Waals surface area (Å²) in [6, 6.07) is 11.6. The van der Waals surface area contributed by atoms with Crippen LogP contribution in [0.4, 0.5) is 4.39 Å². The standard InChI is InChI=1S/C27H25FN4O4/c1-17(33)31-11-9-18(10-12-31)16-36-27-29-13-20(14-30-27)21-8-4-5-19(24(21)28)15-32-25(34)22-6-2-3-7-23(22)26(32)35/h2-8,13-14,18H,9-12,15-16H2,1H3. The predicted octanol–water partition coefficient (Wildman–Crippen LogP) is 3.72. The lowest BCUT2D eigenvalue weighted by Crippen LogP contribution is -2.38. The fraction of sp³-hybridized carbons (Fsp3) is 0.296. The van der Waals surface area contributed by atoms with E-state index in [2.05, 4.69) is 9.97 Å². The molecule has 184 valence electrons. The van der Waals surface area contributed by atoms with Crippen LogP contribution in [0.5, 0.6) is 6.01 Å². The highest BCUT2D eigenvalue weighted by Gasteiger charge is 2.35. The van der Waals surface area contributed by atoms with Crippen molar-refractivity contribution in [2.45, 2.75) is 26.3 Å². The summed E-state index contributed by atoms with van der Waals surface area (Å²) in [6.45, 7) is 3.31. The van der Waals surface area contributed by atoms with Gasteiger partial charge in [0.1, 0.15) is 5.82 Å². The van der Waals surface area contributed by atoms with Crippen LogP contribution in [-0.4, -0.2) is 57.2 Å². The highest BCUT2D eigenvalue weighted by atomic mass is 19.1. The van der Waals surface area contributed by atoms with Gasteiger partial charge in [-0.1, -0.05) is 30.3 Å². The molecule has 36 heavy (non-hydrogen) atoms. The molecule has 2 aromatic carbocycles. The van der Waals surface area contributed by atoms with Crippen LogP contribution in [0.25, 0.3) is 11.1 Å². The Morgan fingerprint density at radius 3 is 2.19 bits per heavy atom. The minimum atomic E-state index is -0.538. The fourth-order valence-electron chi connectivity index (χ4n) is 4.61. The van der Waals surface area contributed by atoms with E-state index in [1.807, 2.05) is 4.90 Å². The Bertz CT molecular complexity index is 1280. The van der Waals surface area contributed by atoms with E-state index >= 15 is 4.39 Å². The van der Waals surface area contributed by atoms with Crippen molar-refractivity contribution < 1.29 is 23.5 Å². The van der Waals surface area contributed by atoms with Gasteiger partial charge in [-0.25, -0.2) is 14.4 Å². The van der Waals surface area contributed by atoms with Gasteiger partial charge in [-0.05, 0) is 30.9 Å². The largest absolute Gasteiger partial charge is 0.463 e. The van der Waals surface area contributed by atoms with E-state index in [0.717, 1.165) is 30.8 Å². The van der Waals surface area contributed by atoms with Crippen LogP contribution >= 0.6 is 0 Å². The number of carbonyl (C=O) groups excluding carboxylic acids is 3. The van der Waals surface area contributed by atoms with E-state index in [0.29, 0.717) is 29.2 Å². The van der Waals surface area contributed by atoms with Crippen molar-refractivity contribution in [3.63, 3.8) is 0 Å². The van der Waals surface area contributed by atoms with Crippen molar-refractivity contribution >= 4 is 17.7 Å². The molecule has 3 aromatic rings. The third-order valence-corrected chi connectivity index (χ3v) is 6.73. The first-order valence-corrected chi connectivity index (χ1v) is 11.9. The van der Waals surface area contributed by atoms with Crippen LogP contribution in [0.1, 0.15) is 46.0 Å². The number of halogens is 1. The maximum atomic E-state index is 15.4. The van der Waals surface area contributed by atoms with Crippen molar-refractivity contribution in [3.05, 3.63) is 77.4 Å². The fourth-order valence-corrected chi connectivity index (χ4v) is 4.61. The molecule has 0 saturated carbocycles. The first-order valence-electron chi connectivity index (χ1n) is 11.9. The number of fused-ring (bicyclic) bond motifs is 1. The van der Waals surface area contributed by atoms with Gasteiger partial charge in [-0.2, -0.15) is 0 Å². The van der Waals surface area contributed by atoms with E-state index in [1.54, 1.807) is 49.4 Å². The van der Waals surface area contributed by atoms with E-state index in [9.17, 15) is 14.4 Å². The van der Waals surface area contributed by atoms with Crippen molar-refractivity contribution in [2.75, 3.05) is 19.7 Å². The predicted molar refractivity (Wildman–Crippen MR) is 129 cm³/mol. The summed E-state index contributed by atoms with van der Waals surface area (Å²) >= 11 is 0. The molecular weight excluding hydrogens is 463 g/mol. The zero-order valence-corrected chi connectivity index (χ0v) is 19.8. The number of ether oxygens (including phenoxy) is 1. The van der Waals surface area contributed by atoms with Crippen LogP contribution < -0.4 is 4.74 Å². The molecule has 1 fully saturated rings. The van der Waals surface area contributed by atoms with Gasteiger partial charge in [0.2, 0.25) is 5.91 Å². The van der Waals surface area contributed by atoms with Gasteiger partial charge < -0.3 is 9.64 Å². The molecular formula is C27H25FN4O4. The summed E-state index contributed by atoms with van der Waals surface area (Å²) in [6.07, 6.45) is 4.71. The Morgan fingerprint density at radius 1 is 0.972 bits per heavy atom. The lowest BCUT2D eigenvalue weighted by Gasteiger charge is -2.30. The molecule has 2 aliphatic rings. The normalized spacial score (nSPS) is 15.8. The summed E-state index contributed by atoms with van der Waals surface area (Å²) in [4.78, 5) is 48.1. The van der Waals surface area contributed by atoms with E-state index < -0.39 is 17.6 Å². The van der Waals surface area contributed by atoms with Crippen molar-refractivity contribution in [2.24, 2.45) is 5.92 Å². The topological polar surface area (TPSA) is 92.7 Å². The average molecular weight is 489 g/mol. The molecule has 3 heterocycles. The number of benzene rings is 2. The summed E-state index contributed by atoms with van der Waals surface area (Å²) in [5.41, 5.74) is 1.60. The molecule has 0 atom stereocenters. The summed E-state index contributed by atoms with van der Waals surface area (Å²) in [5, 5.41) is 0. The maximum Gasteiger partial charge on any atom is 0.316 e. The zero-order valence-electron chi connectivity index (χ0n) is 19.8. The number of likely N-dealkylation sites (tertiary alicyclic amines) is 1. The Labute approximate surface area is 207 Å². The van der Waals surface area contributed by atoms with Crippen molar-refractivity contribution in [1.82, 2.24) is 19.8 Å². The van der Waals surface area contributed by atoms with Crippen LogP contribution in [0.2, 0.25) is 0 Å². The van der Waals surface area contributed by atoms with Crippen LogP contribution in [0.15, 0.2) is 54.9 Å². The lowest BCUT2D eigenvalue weighted by molar-refractivity contribution is -0.130. The Balaban J connectivity index is 1.24. The molecule has 1 aromatic heterocycles. The molecule has 5 rings (SSSR count). The summed E-state index contributed by atoms with van der Waals surface area (Å²) in [5.74, 6) is -0.994. The number of hydrogen-bond acceptors (Lipinski definition) is 6. The van der Waals surface area contributed by atoms with E-state index in [1.165, 1.54) is 12.4 Å². The van der Waals surface area contributed by atoms with Gasteiger partial charge in [0.05, 0.1) is 24.3 Å². The molecule has 8 nitrogen and oxygen atoms in total. The quantitative estimate of drug-likeness (QED) is 0.491. The second kappa shape index (κ2) is 9.85. The van der Waals surface area contributed by atoms with Gasteiger partial charge >= 0.3 is 6.01 Å². The molecule has 0 spiro atoms. The molecule has 9 heteroatoms. The SMILES string of the molecule is CC(=O)N1CCC(COc2ncc(-c3cccc(CN4C(=O)c5ccccc5C4=O)c3F)cn2)CC1. The number of hydrogen-bond donors (Lipinski definition) is 0. The van der Waals surface area contributed by atoms with E-state index in [-0.39, 0.29) is 29.6 Å². The summed E-state index contributed by atoms with van der Waals surface area (Å²) < 4.78 is 21.1. The molecule has 1 saturated heterocycles. The molecule has 0 bridgehead atoms. The van der Waals surface area contributed by atoms with E-state index in [4.69, 9.17) is 4.74 Å². The average Bonchev–Trinajstić information content (AvgIpc) is 3.14. The number of nitrogens with zero attached hydrogens (tertiary/aromatic N) is 4. The Morgan fingerprint density at radius 2 is 1.58 bits per heavy atom. The maximum absolute atomic E-state index is 15.4. The van der Waals surface area contributed by atoms with Crippen LogP contribution in [0, 0.1) is 11.7 Å². The third kappa shape index (κ3) is 4.56. The Kier molecular flexibility index (Phi) is 6.45. The second-order valence-electron chi connectivity index (χ2n) is 9.04. The molecule has 3 amide bonds. The van der Waals surface area contributed by atoms with Gasteiger partial charge in [0.15, 0.2) is 0 Å². The first kappa shape index (κ1) is 23.6. The number of amides is 3. The summed E-state index contributed by atoms with van der Waals surface area (Å²) in [7, 11) is 0. The van der Waals surface area contributed by atoms with Gasteiger partial charge in [-0.3, -0.25) is 19.3 Å². The number of piperidine rings is 1. The van der Waals surface area contributed by atoms with Gasteiger partial charge in [0.25, 0.3) is 11.8 Å². The minimum Gasteiger partial charge on any atom is -0.463 e. The molecule has 0 radical (unpaired) electrons. The molecule has 2 aliphatic heterocycles. The highest BCUT2D eigenvalue weighted by molar-refractivity contribution is 6.21. The van der Waals surface area contributed by atoms with Crippen molar-refractivity contribution in [1.29, 1.82) is 0 Å². The number of carbonyl (C=O) groups is 3. The van der Waals surface area contributed by atoms with Crippen molar-refractivity contribution in [3.8, 4) is 17.1 Å². The van der Waals surface area contributed by atoms with Crippen LogP contribution in [0.3, 0.4) is 0 Å². The van der Waals surface area contributed by atoms with Crippen LogP contribution in [-0.2, 0) is 11.3 Å². The van der Waals surface area contributed by atoms with Gasteiger partial charge in [0, 0.05) is 49.1 Å². The first-order chi connectivity index (χ1) is 17.4. The number of imide groups is 1. The second-order valence-corrected chi connectivity index (χ2v) is 9.04. The number of aromatic nitrogens is 2. The molecule has 0 aliphatic carbocycles. The van der Waals surface area contributed by atoms with Gasteiger partial charge in [-0.15, -0.1) is 0 Å². The number of rotatable bonds is 6. The molecule has 0 N–H and O–H groups in total. The highest BCUT2D eigenvalue weighted by Crippen LogP contribution is 2.29. The minimum absolute atomic E-state index is 0.0910. The molecule has 0 unspecified atom stereocenters. The lowest BCUT2D eigenvalue weighted by atomic mass is 9.98. The monoisotopic (exact) mass is 488 g/mol. The Hall–Kier alpha value is -4.14. The zero-order chi connectivity index (χ0) is 25.2. The smallest absolute Gasteiger partial charge is 0.316 e. The third-order valence-electron chi connectivity index (χ3n) is 6.73.